The fraction of sp³-hybridized carbons (Fsp3) is 0.533. The second kappa shape index (κ2) is 8.15. The molecule has 2 unspecified atom stereocenters. The molecule has 0 aromatic carbocycles. The first-order valence-corrected chi connectivity index (χ1v) is 8.75. The van der Waals surface area contributed by atoms with Crippen LogP contribution in [0.4, 0.5) is 5.82 Å². The Morgan fingerprint density at radius 2 is 2.27 bits per heavy atom. The van der Waals surface area contributed by atoms with Crippen LogP contribution in [0, 0.1) is 0 Å². The third-order valence-electron chi connectivity index (χ3n) is 4.29. The first kappa shape index (κ1) is 18.8. The van der Waals surface area contributed by atoms with E-state index in [1.165, 1.54) is 12.7 Å². The standard InChI is InChI=1S/C15H20N5O5P/c1-3-8(2)5-23-12-11(25-26-22)9(4-21)24-15(12)20-7-19-10-13(16)17-6-18-14(10)20/h3,6-7,9,11-12,15,21H,4-5H2,1-2H3,(H2,16,17,18)/b8-3+/t9-,11?,12?,15-/m1/s1. The molecule has 0 aliphatic carbocycles. The van der Waals surface area contributed by atoms with Gasteiger partial charge in [0.1, 0.15) is 30.2 Å². The van der Waals surface area contributed by atoms with E-state index in [9.17, 15) is 9.67 Å². The molecule has 3 N–H and O–H groups in total. The second-order valence-corrected chi connectivity index (χ2v) is 6.25. The first-order valence-electron chi connectivity index (χ1n) is 8.01. The first-order chi connectivity index (χ1) is 12.6. The van der Waals surface area contributed by atoms with E-state index < -0.39 is 33.2 Å². The number of anilines is 1. The Hall–Kier alpha value is -1.97. The Bertz CT molecular complexity index is 813. The Morgan fingerprint density at radius 3 is 2.96 bits per heavy atom. The third-order valence-corrected chi connectivity index (χ3v) is 4.62. The number of hydrogen-bond acceptors (Lipinski definition) is 9. The van der Waals surface area contributed by atoms with Crippen molar-refractivity contribution in [1.82, 2.24) is 19.5 Å². The van der Waals surface area contributed by atoms with Gasteiger partial charge in [-0.1, -0.05) is 11.6 Å². The highest BCUT2D eigenvalue weighted by Crippen LogP contribution is 2.37. The van der Waals surface area contributed by atoms with E-state index in [2.05, 4.69) is 15.0 Å². The minimum absolute atomic E-state index is 0.249. The van der Waals surface area contributed by atoms with E-state index in [-0.39, 0.29) is 12.4 Å². The van der Waals surface area contributed by atoms with Gasteiger partial charge in [0.15, 0.2) is 17.7 Å². The molecular weight excluding hydrogens is 361 g/mol. The minimum atomic E-state index is -0.731. The molecule has 26 heavy (non-hydrogen) atoms. The van der Waals surface area contributed by atoms with Gasteiger partial charge in [-0.3, -0.25) is 9.09 Å². The van der Waals surface area contributed by atoms with Crippen molar-refractivity contribution in [2.75, 3.05) is 18.9 Å². The topological polar surface area (TPSA) is 135 Å². The van der Waals surface area contributed by atoms with Crippen LogP contribution < -0.4 is 5.73 Å². The van der Waals surface area contributed by atoms with Crippen LogP contribution in [0.2, 0.25) is 0 Å². The van der Waals surface area contributed by atoms with Gasteiger partial charge in [0.05, 0.1) is 19.5 Å². The molecule has 1 saturated heterocycles. The second-order valence-electron chi connectivity index (χ2n) is 5.89. The largest absolute Gasteiger partial charge is 0.394 e. The Balaban J connectivity index is 1.98. The van der Waals surface area contributed by atoms with E-state index in [4.69, 9.17) is 19.7 Å². The molecule has 1 aliphatic heterocycles. The number of hydrogen-bond donors (Lipinski definition) is 2. The number of nitrogen functional groups attached to an aromatic ring is 1. The summed E-state index contributed by atoms with van der Waals surface area (Å²) in [6.45, 7) is 3.85. The van der Waals surface area contributed by atoms with Crippen molar-refractivity contribution >= 4 is 25.7 Å². The van der Waals surface area contributed by atoms with E-state index in [0.29, 0.717) is 17.8 Å². The van der Waals surface area contributed by atoms with E-state index in [1.54, 1.807) is 4.57 Å². The molecule has 11 heteroatoms. The van der Waals surface area contributed by atoms with E-state index >= 15 is 0 Å². The fourth-order valence-electron chi connectivity index (χ4n) is 2.80. The number of fused-ring (bicyclic) bond motifs is 1. The van der Waals surface area contributed by atoms with Crippen molar-refractivity contribution in [2.45, 2.75) is 38.4 Å². The number of imidazole rings is 1. The zero-order chi connectivity index (χ0) is 18.7. The zero-order valence-corrected chi connectivity index (χ0v) is 15.2. The van der Waals surface area contributed by atoms with E-state index in [0.717, 1.165) is 5.57 Å². The third kappa shape index (κ3) is 3.46. The molecule has 1 fully saturated rings. The van der Waals surface area contributed by atoms with Gasteiger partial charge in [-0.15, -0.1) is 0 Å². The van der Waals surface area contributed by atoms with Gasteiger partial charge < -0.3 is 20.3 Å². The van der Waals surface area contributed by atoms with Crippen LogP contribution >= 0.6 is 8.69 Å². The maximum absolute atomic E-state index is 11.0. The van der Waals surface area contributed by atoms with Gasteiger partial charge >= 0.3 is 8.69 Å². The zero-order valence-electron chi connectivity index (χ0n) is 14.3. The summed E-state index contributed by atoms with van der Waals surface area (Å²) in [5, 5.41) is 9.63. The van der Waals surface area contributed by atoms with Gasteiger partial charge in [-0.2, -0.15) is 0 Å². The van der Waals surface area contributed by atoms with Crippen LogP contribution in [-0.2, 0) is 18.6 Å². The van der Waals surface area contributed by atoms with Crippen molar-refractivity contribution < 1.29 is 23.7 Å². The molecule has 1 aliphatic rings. The number of rotatable bonds is 7. The average molecular weight is 381 g/mol. The van der Waals surface area contributed by atoms with Crippen molar-refractivity contribution in [2.24, 2.45) is 0 Å². The SMILES string of the molecule is C/C=C(\C)COC1C(OP=O)[C@@H](CO)O[C@H]1n1cnc2c(N)ncnc21. The van der Waals surface area contributed by atoms with Crippen LogP contribution in [0.25, 0.3) is 11.2 Å². The van der Waals surface area contributed by atoms with Gasteiger partial charge in [0.25, 0.3) is 0 Å². The monoisotopic (exact) mass is 381 g/mol. The molecule has 0 radical (unpaired) electrons. The summed E-state index contributed by atoms with van der Waals surface area (Å²) in [5.74, 6) is 0.249. The lowest BCUT2D eigenvalue weighted by molar-refractivity contribution is -0.0654. The Morgan fingerprint density at radius 1 is 1.46 bits per heavy atom. The van der Waals surface area contributed by atoms with Gasteiger partial charge in [0, 0.05) is 0 Å². The van der Waals surface area contributed by atoms with Crippen LogP contribution in [0.1, 0.15) is 20.1 Å². The van der Waals surface area contributed by atoms with Crippen molar-refractivity contribution in [1.29, 1.82) is 0 Å². The number of aromatic nitrogens is 4. The molecule has 4 atom stereocenters. The lowest BCUT2D eigenvalue weighted by atomic mass is 10.1. The summed E-state index contributed by atoms with van der Waals surface area (Å²) in [6.07, 6.45) is 2.00. The van der Waals surface area contributed by atoms with Crippen molar-refractivity contribution in [3.63, 3.8) is 0 Å². The molecule has 10 nitrogen and oxygen atoms in total. The fourth-order valence-corrected chi connectivity index (χ4v) is 3.16. The van der Waals surface area contributed by atoms with Crippen LogP contribution in [-0.4, -0.2) is 56.2 Å². The minimum Gasteiger partial charge on any atom is -0.394 e. The smallest absolute Gasteiger partial charge is 0.327 e. The molecular formula is C15H20N5O5P. The number of ether oxygens (including phenoxy) is 2. The lowest BCUT2D eigenvalue weighted by Crippen LogP contribution is -2.36. The lowest BCUT2D eigenvalue weighted by Gasteiger charge is -2.23. The molecule has 3 rings (SSSR count). The van der Waals surface area contributed by atoms with Crippen LogP contribution in [0.15, 0.2) is 24.3 Å². The molecule has 2 aromatic rings. The number of nitrogens with two attached hydrogens (primary N) is 1. The van der Waals surface area contributed by atoms with Crippen molar-refractivity contribution in [3.05, 3.63) is 24.3 Å². The maximum atomic E-state index is 11.0. The highest BCUT2D eigenvalue weighted by molar-refractivity contribution is 7.17. The molecule has 3 heterocycles. The number of nitrogens with zero attached hydrogens (tertiary/aromatic N) is 4. The average Bonchev–Trinajstić information content (AvgIpc) is 3.22. The normalized spacial score (nSPS) is 26.8. The van der Waals surface area contributed by atoms with Crippen LogP contribution in [0.5, 0.6) is 0 Å². The molecule has 2 aromatic heterocycles. The summed E-state index contributed by atoms with van der Waals surface area (Å²) < 4.78 is 29.8. The summed E-state index contributed by atoms with van der Waals surface area (Å²) in [4.78, 5) is 12.4. The summed E-state index contributed by atoms with van der Waals surface area (Å²) >= 11 is 0. The van der Waals surface area contributed by atoms with Crippen LogP contribution in [0.3, 0.4) is 0 Å². The van der Waals surface area contributed by atoms with Crippen molar-refractivity contribution in [3.8, 4) is 0 Å². The summed E-state index contributed by atoms with van der Waals surface area (Å²) in [5.41, 5.74) is 7.75. The number of allylic oxidation sites excluding steroid dienone is 1. The summed E-state index contributed by atoms with van der Waals surface area (Å²) in [6, 6.07) is 0. The molecule has 0 amide bonds. The van der Waals surface area contributed by atoms with Gasteiger partial charge in [-0.05, 0) is 13.8 Å². The highest BCUT2D eigenvalue weighted by atomic mass is 31.1. The predicted octanol–water partition coefficient (Wildman–Crippen LogP) is 1.24. The van der Waals surface area contributed by atoms with Gasteiger partial charge in [-0.25, -0.2) is 19.5 Å². The maximum Gasteiger partial charge on any atom is 0.327 e. The van der Waals surface area contributed by atoms with Gasteiger partial charge in [0.2, 0.25) is 0 Å². The quantitative estimate of drug-likeness (QED) is 0.536. The Labute approximate surface area is 151 Å². The molecule has 140 valence electrons. The Kier molecular flexibility index (Phi) is 5.90. The van der Waals surface area contributed by atoms with E-state index in [1.807, 2.05) is 19.9 Å². The molecule has 0 bridgehead atoms. The number of aliphatic hydroxyl groups is 1. The molecule has 0 saturated carbocycles. The number of aliphatic hydroxyl groups excluding tert-OH is 1. The molecule has 0 spiro atoms. The summed E-state index contributed by atoms with van der Waals surface area (Å²) in [7, 11) is -0.523. The predicted molar refractivity (Wildman–Crippen MR) is 92.4 cm³/mol. The highest BCUT2D eigenvalue weighted by Gasteiger charge is 2.48.